The molecule has 1 N–H and O–H groups in total. The van der Waals surface area contributed by atoms with Crippen LogP contribution in [0, 0.1) is 0 Å². The molecule has 0 spiro atoms. The summed E-state index contributed by atoms with van der Waals surface area (Å²) in [4.78, 5) is 23.6. The van der Waals surface area contributed by atoms with Crippen molar-refractivity contribution < 1.29 is 23.9 Å². The first-order valence-electron chi connectivity index (χ1n) is 9.49. The van der Waals surface area contributed by atoms with E-state index >= 15 is 0 Å². The summed E-state index contributed by atoms with van der Waals surface area (Å²) < 4.78 is 11.5. The number of methoxy groups -OCH3 is 1. The molecule has 29 heavy (non-hydrogen) atoms. The van der Waals surface area contributed by atoms with Crippen LogP contribution in [0.3, 0.4) is 0 Å². The number of carbonyl (C=O) groups is 2. The van der Waals surface area contributed by atoms with Gasteiger partial charge in [-0.05, 0) is 27.4 Å². The average molecular weight is 413 g/mol. The van der Waals surface area contributed by atoms with Crippen LogP contribution in [0.25, 0.3) is 0 Å². The van der Waals surface area contributed by atoms with Gasteiger partial charge >= 0.3 is 20.3 Å². The summed E-state index contributed by atoms with van der Waals surface area (Å²) in [6, 6.07) is 17.7. The summed E-state index contributed by atoms with van der Waals surface area (Å²) in [5.74, 6) is -1.84. The minimum absolute atomic E-state index is 0.399. The summed E-state index contributed by atoms with van der Waals surface area (Å²) in [7, 11) is -1.47. The zero-order valence-corrected chi connectivity index (χ0v) is 18.3. The average Bonchev–Trinajstić information content (AvgIpc) is 2.69. The van der Waals surface area contributed by atoms with Crippen molar-refractivity contribution in [3.8, 4) is 0 Å². The Labute approximate surface area is 173 Å². The smallest absolute Gasteiger partial charge is 0.328 e. The van der Waals surface area contributed by atoms with Gasteiger partial charge in [-0.3, -0.25) is 0 Å². The molecule has 0 heterocycles. The molecule has 0 aromatic heterocycles. The number of hydrogen-bond donors (Lipinski definition) is 1. The topological polar surface area (TPSA) is 72.8 Å². The summed E-state index contributed by atoms with van der Waals surface area (Å²) in [5, 5.41) is 10.4. The van der Waals surface area contributed by atoms with E-state index in [0.717, 1.165) is 28.1 Å². The van der Waals surface area contributed by atoms with E-state index in [4.69, 9.17) is 14.3 Å². The lowest BCUT2D eigenvalue weighted by atomic mass is 10.1. The van der Waals surface area contributed by atoms with Gasteiger partial charge in [-0.25, -0.2) is 9.59 Å². The molecule has 0 aliphatic heterocycles. The third kappa shape index (κ3) is 5.22. The summed E-state index contributed by atoms with van der Waals surface area (Å²) in [5.41, 5.74) is 1.06. The number of aliphatic carboxylic acids is 1. The molecule has 0 aliphatic rings. The number of carbonyl (C=O) groups excluding carboxylic acids is 1. The minimum atomic E-state index is -3.13. The Balaban J connectivity index is 2.74. The predicted octanol–water partition coefficient (Wildman–Crippen LogP) is 2.92. The second-order valence-electron chi connectivity index (χ2n) is 7.79. The number of rotatable bonds is 8. The fourth-order valence-corrected chi connectivity index (χ4v) is 8.09. The Morgan fingerprint density at radius 2 is 1.62 bits per heavy atom. The third-order valence-electron chi connectivity index (χ3n) is 4.82. The van der Waals surface area contributed by atoms with Crippen LogP contribution in [0.15, 0.2) is 66.7 Å². The molecule has 2 rings (SSSR count). The van der Waals surface area contributed by atoms with Crippen molar-refractivity contribution in [3.05, 3.63) is 72.3 Å². The van der Waals surface area contributed by atoms with Crippen LogP contribution in [0.4, 0.5) is 0 Å². The van der Waals surface area contributed by atoms with Crippen molar-refractivity contribution in [2.45, 2.75) is 32.2 Å². The molecular weight excluding hydrogens is 384 g/mol. The largest absolute Gasteiger partial charge is 0.506 e. The van der Waals surface area contributed by atoms with Crippen LogP contribution >= 0.6 is 0 Å². The van der Waals surface area contributed by atoms with E-state index in [2.05, 4.69) is 20.8 Å². The SMILES string of the molecule is COCCc1ccccc1[Si](OC(=O)/C=C\C(=O)O)(c1ccccc1)C(C)(C)C. The summed E-state index contributed by atoms with van der Waals surface area (Å²) in [6.45, 7) is 6.74. The highest BCUT2D eigenvalue weighted by molar-refractivity contribution is 7.00. The molecule has 5 nitrogen and oxygen atoms in total. The van der Waals surface area contributed by atoms with Crippen molar-refractivity contribution in [3.63, 3.8) is 0 Å². The van der Waals surface area contributed by atoms with E-state index in [-0.39, 0.29) is 0 Å². The number of hydrogen-bond acceptors (Lipinski definition) is 4. The van der Waals surface area contributed by atoms with E-state index in [0.29, 0.717) is 13.0 Å². The molecule has 1 unspecified atom stereocenters. The van der Waals surface area contributed by atoms with Gasteiger partial charge in [0.15, 0.2) is 0 Å². The van der Waals surface area contributed by atoms with Gasteiger partial charge in [-0.2, -0.15) is 0 Å². The Hall–Kier alpha value is -2.70. The van der Waals surface area contributed by atoms with E-state index in [1.807, 2.05) is 54.6 Å². The maximum atomic E-state index is 12.7. The first-order valence-corrected chi connectivity index (χ1v) is 11.4. The second kappa shape index (κ2) is 9.67. The molecule has 0 saturated heterocycles. The zero-order valence-electron chi connectivity index (χ0n) is 17.3. The van der Waals surface area contributed by atoms with Gasteiger partial charge in [0.1, 0.15) is 0 Å². The predicted molar refractivity (Wildman–Crippen MR) is 116 cm³/mol. The lowest BCUT2D eigenvalue weighted by Crippen LogP contribution is -2.68. The van der Waals surface area contributed by atoms with E-state index in [9.17, 15) is 9.59 Å². The highest BCUT2D eigenvalue weighted by Crippen LogP contribution is 2.37. The second-order valence-corrected chi connectivity index (χ2v) is 12.0. The van der Waals surface area contributed by atoms with Gasteiger partial charge < -0.3 is 14.3 Å². The first-order chi connectivity index (χ1) is 13.7. The first kappa shape index (κ1) is 22.6. The van der Waals surface area contributed by atoms with Gasteiger partial charge in [0, 0.05) is 19.3 Å². The lowest BCUT2D eigenvalue weighted by Gasteiger charge is -2.42. The van der Waals surface area contributed by atoms with Crippen molar-refractivity contribution in [2.24, 2.45) is 0 Å². The Bertz CT molecular complexity index is 870. The molecule has 0 bridgehead atoms. The highest BCUT2D eigenvalue weighted by atomic mass is 28.4. The van der Waals surface area contributed by atoms with Crippen LogP contribution < -0.4 is 10.4 Å². The third-order valence-corrected chi connectivity index (χ3v) is 9.84. The van der Waals surface area contributed by atoms with E-state index in [1.54, 1.807) is 7.11 Å². The molecular formula is C23H28O5Si. The highest BCUT2D eigenvalue weighted by Gasteiger charge is 2.53. The number of benzene rings is 2. The molecule has 0 fully saturated rings. The molecule has 0 radical (unpaired) electrons. The van der Waals surface area contributed by atoms with Crippen molar-refractivity contribution in [1.29, 1.82) is 0 Å². The number of carboxylic acid groups (broad SMARTS) is 1. The molecule has 154 valence electrons. The Kier molecular flexibility index (Phi) is 7.53. The van der Waals surface area contributed by atoms with Gasteiger partial charge in [-0.15, -0.1) is 0 Å². The van der Waals surface area contributed by atoms with Crippen LogP contribution in [0.2, 0.25) is 5.04 Å². The fraction of sp³-hybridized carbons (Fsp3) is 0.304. The van der Waals surface area contributed by atoms with Crippen LogP contribution in [-0.4, -0.2) is 39.1 Å². The minimum Gasteiger partial charge on any atom is -0.506 e. The zero-order chi connectivity index (χ0) is 21.5. The quantitative estimate of drug-likeness (QED) is 0.533. The summed E-state index contributed by atoms with van der Waals surface area (Å²) in [6.07, 6.45) is 2.48. The van der Waals surface area contributed by atoms with Crippen molar-refractivity contribution >= 4 is 30.6 Å². The lowest BCUT2D eigenvalue weighted by molar-refractivity contribution is -0.133. The summed E-state index contributed by atoms with van der Waals surface area (Å²) >= 11 is 0. The monoisotopic (exact) mass is 412 g/mol. The molecule has 0 saturated carbocycles. The fourth-order valence-electron chi connectivity index (χ4n) is 3.55. The van der Waals surface area contributed by atoms with Gasteiger partial charge in [-0.1, -0.05) is 75.4 Å². The molecule has 2 aromatic carbocycles. The van der Waals surface area contributed by atoms with E-state index < -0.39 is 25.3 Å². The number of carboxylic acids is 1. The van der Waals surface area contributed by atoms with Crippen molar-refractivity contribution in [2.75, 3.05) is 13.7 Å². The molecule has 0 aliphatic carbocycles. The van der Waals surface area contributed by atoms with Gasteiger partial charge in [0.25, 0.3) is 0 Å². The normalized spacial score (nSPS) is 13.8. The standard InChI is InChI=1S/C23H28O5Si/c1-23(2,3)29(19-11-6-5-7-12-19,28-22(26)15-14-21(24)25)20-13-9-8-10-18(20)16-17-27-4/h5-15H,16-17H2,1-4H3,(H,24,25)/b15-14-. The van der Waals surface area contributed by atoms with Gasteiger partial charge in [0.2, 0.25) is 0 Å². The molecule has 2 aromatic rings. The Morgan fingerprint density at radius 1 is 1.00 bits per heavy atom. The Morgan fingerprint density at radius 3 is 2.21 bits per heavy atom. The van der Waals surface area contributed by atoms with Crippen LogP contribution in [0.1, 0.15) is 26.3 Å². The molecule has 1 atom stereocenters. The maximum absolute atomic E-state index is 12.7. The maximum Gasteiger partial charge on any atom is 0.328 e. The van der Waals surface area contributed by atoms with Gasteiger partial charge in [0.05, 0.1) is 6.61 Å². The molecule has 0 amide bonds. The molecule has 6 heteroatoms. The van der Waals surface area contributed by atoms with Crippen LogP contribution in [0.5, 0.6) is 0 Å². The van der Waals surface area contributed by atoms with E-state index in [1.165, 1.54) is 0 Å². The number of ether oxygens (including phenoxy) is 1. The van der Waals surface area contributed by atoms with Crippen LogP contribution in [-0.2, 0) is 25.2 Å². The van der Waals surface area contributed by atoms with Crippen molar-refractivity contribution in [1.82, 2.24) is 0 Å².